The van der Waals surface area contributed by atoms with Crippen LogP contribution < -0.4 is 16.2 Å². The Hall–Kier alpha value is -2.74. The van der Waals surface area contributed by atoms with Crippen LogP contribution in [0.1, 0.15) is 27.0 Å². The fraction of sp³-hybridized carbons (Fsp3) is 0.188. The first kappa shape index (κ1) is 17.6. The molecule has 0 atom stereocenters. The van der Waals surface area contributed by atoms with E-state index in [2.05, 4.69) is 4.72 Å². The summed E-state index contributed by atoms with van der Waals surface area (Å²) in [6, 6.07) is 5.40. The van der Waals surface area contributed by atoms with Crippen LogP contribution in [-0.4, -0.2) is 19.5 Å². The lowest BCUT2D eigenvalue weighted by molar-refractivity contribution is 0.0697. The average Bonchev–Trinajstić information content (AvgIpc) is 2.51. The molecule has 0 saturated heterocycles. The Labute approximate surface area is 140 Å². The lowest BCUT2D eigenvalue weighted by Gasteiger charge is -2.18. The van der Waals surface area contributed by atoms with Gasteiger partial charge in [0, 0.05) is 17.1 Å². The van der Waals surface area contributed by atoms with Gasteiger partial charge in [-0.3, -0.25) is 4.72 Å². The summed E-state index contributed by atoms with van der Waals surface area (Å²) in [5.41, 5.74) is 14.4. The van der Waals surface area contributed by atoms with Crippen LogP contribution in [0.2, 0.25) is 0 Å². The van der Waals surface area contributed by atoms with Crippen LogP contribution >= 0.6 is 0 Å². The van der Waals surface area contributed by atoms with Gasteiger partial charge < -0.3 is 16.6 Å². The first-order valence-electron chi connectivity index (χ1n) is 7.07. The van der Waals surface area contributed by atoms with Gasteiger partial charge >= 0.3 is 5.97 Å². The van der Waals surface area contributed by atoms with Gasteiger partial charge in [0.2, 0.25) is 0 Å². The Balaban J connectivity index is 2.50. The molecule has 2 rings (SSSR count). The maximum atomic E-state index is 12.7. The van der Waals surface area contributed by atoms with Crippen LogP contribution in [0.3, 0.4) is 0 Å². The molecule has 0 spiro atoms. The first-order chi connectivity index (χ1) is 11.1. The first-order valence-corrected chi connectivity index (χ1v) is 8.55. The number of rotatable bonds is 4. The molecule has 0 fully saturated rings. The molecule has 0 aliphatic rings. The predicted octanol–water partition coefficient (Wildman–Crippen LogP) is 2.28. The zero-order valence-electron chi connectivity index (χ0n) is 13.5. The van der Waals surface area contributed by atoms with E-state index in [0.717, 1.165) is 0 Å². The highest BCUT2D eigenvalue weighted by atomic mass is 32.2. The van der Waals surface area contributed by atoms with E-state index in [-0.39, 0.29) is 16.1 Å². The average molecular weight is 349 g/mol. The van der Waals surface area contributed by atoms with Crippen molar-refractivity contribution in [1.82, 2.24) is 0 Å². The van der Waals surface area contributed by atoms with Crippen molar-refractivity contribution in [2.75, 3.05) is 16.2 Å². The third kappa shape index (κ3) is 3.00. The van der Waals surface area contributed by atoms with Gasteiger partial charge in [-0.2, -0.15) is 0 Å². The van der Waals surface area contributed by atoms with Crippen molar-refractivity contribution in [3.8, 4) is 0 Å². The number of carboxylic acids is 1. The molecule has 0 aliphatic carbocycles. The molecular formula is C16H19N3O4S. The van der Waals surface area contributed by atoms with Crippen molar-refractivity contribution in [2.45, 2.75) is 25.7 Å². The molecule has 2 aromatic rings. The number of carboxylic acid groups (broad SMARTS) is 1. The van der Waals surface area contributed by atoms with Crippen LogP contribution in [0, 0.1) is 20.8 Å². The van der Waals surface area contributed by atoms with E-state index in [1.54, 1.807) is 20.8 Å². The number of hydrogen-bond donors (Lipinski definition) is 4. The molecular weight excluding hydrogens is 330 g/mol. The van der Waals surface area contributed by atoms with E-state index < -0.39 is 16.0 Å². The van der Waals surface area contributed by atoms with Gasteiger partial charge in [-0.1, -0.05) is 0 Å². The largest absolute Gasteiger partial charge is 0.478 e. The van der Waals surface area contributed by atoms with Crippen molar-refractivity contribution in [1.29, 1.82) is 0 Å². The van der Waals surface area contributed by atoms with E-state index in [9.17, 15) is 13.2 Å². The molecule has 0 unspecified atom stereocenters. The number of carbonyl (C=O) groups is 1. The minimum atomic E-state index is -3.93. The minimum absolute atomic E-state index is 0.0328. The van der Waals surface area contributed by atoms with Crippen LogP contribution in [0.5, 0.6) is 0 Å². The zero-order chi connectivity index (χ0) is 18.2. The van der Waals surface area contributed by atoms with Crippen molar-refractivity contribution in [3.63, 3.8) is 0 Å². The zero-order valence-corrected chi connectivity index (χ0v) is 14.4. The van der Waals surface area contributed by atoms with Crippen LogP contribution in [0.15, 0.2) is 29.2 Å². The SMILES string of the molecule is Cc1c(N)c(C)c(S(=O)(=O)Nc2ccc(C(=O)O)cc2)c(C)c1N. The second-order valence-corrected chi connectivity index (χ2v) is 7.14. The Morgan fingerprint density at radius 1 is 0.958 bits per heavy atom. The Morgan fingerprint density at radius 2 is 1.42 bits per heavy atom. The summed E-state index contributed by atoms with van der Waals surface area (Å²) < 4.78 is 27.9. The topological polar surface area (TPSA) is 136 Å². The van der Waals surface area contributed by atoms with Gasteiger partial charge in [0.1, 0.15) is 0 Å². The van der Waals surface area contributed by atoms with Crippen LogP contribution in [0.4, 0.5) is 17.1 Å². The molecule has 0 aromatic heterocycles. The molecule has 0 bridgehead atoms. The number of benzene rings is 2. The summed E-state index contributed by atoms with van der Waals surface area (Å²) in [5.74, 6) is -1.09. The number of nitrogen functional groups attached to an aromatic ring is 2. The van der Waals surface area contributed by atoms with Crippen LogP contribution in [0.25, 0.3) is 0 Å². The van der Waals surface area contributed by atoms with Crippen molar-refractivity contribution >= 4 is 33.1 Å². The third-order valence-electron chi connectivity index (χ3n) is 3.95. The van der Waals surface area contributed by atoms with Crippen LogP contribution in [-0.2, 0) is 10.0 Å². The molecule has 24 heavy (non-hydrogen) atoms. The summed E-state index contributed by atoms with van der Waals surface area (Å²) in [4.78, 5) is 10.9. The Bertz CT molecular complexity index is 890. The normalized spacial score (nSPS) is 11.3. The molecule has 8 heteroatoms. The fourth-order valence-electron chi connectivity index (χ4n) is 2.52. The molecule has 6 N–H and O–H groups in total. The fourth-order valence-corrected chi connectivity index (χ4v) is 4.10. The van der Waals surface area contributed by atoms with Gasteiger partial charge in [0.15, 0.2) is 0 Å². The highest BCUT2D eigenvalue weighted by Gasteiger charge is 2.24. The maximum absolute atomic E-state index is 12.7. The van der Waals surface area contributed by atoms with Gasteiger partial charge in [0.05, 0.1) is 10.5 Å². The van der Waals surface area contributed by atoms with Crippen molar-refractivity contribution in [3.05, 3.63) is 46.5 Å². The summed E-state index contributed by atoms with van der Waals surface area (Å²) in [5, 5.41) is 8.88. The van der Waals surface area contributed by atoms with Gasteiger partial charge in [-0.05, 0) is 61.7 Å². The number of sulfonamides is 1. The molecule has 128 valence electrons. The summed E-state index contributed by atoms with van der Waals surface area (Å²) >= 11 is 0. The van der Waals surface area contributed by atoms with Gasteiger partial charge in [-0.25, -0.2) is 13.2 Å². The number of aromatic carboxylic acids is 1. The quantitative estimate of drug-likeness (QED) is 0.625. The summed E-state index contributed by atoms with van der Waals surface area (Å²) in [6.45, 7) is 4.98. The Morgan fingerprint density at radius 3 is 1.83 bits per heavy atom. The third-order valence-corrected chi connectivity index (χ3v) is 5.60. The number of hydrogen-bond acceptors (Lipinski definition) is 5. The van der Waals surface area contributed by atoms with E-state index in [1.807, 2.05) is 0 Å². The molecule has 7 nitrogen and oxygen atoms in total. The number of nitrogens with one attached hydrogen (secondary N) is 1. The Kier molecular flexibility index (Phi) is 4.44. The molecule has 0 aliphatic heterocycles. The molecule has 2 aromatic carbocycles. The summed E-state index contributed by atoms with van der Waals surface area (Å²) in [6.07, 6.45) is 0. The lowest BCUT2D eigenvalue weighted by atomic mass is 10.0. The lowest BCUT2D eigenvalue weighted by Crippen LogP contribution is -2.18. The van der Waals surface area contributed by atoms with Gasteiger partial charge in [0.25, 0.3) is 10.0 Å². The second kappa shape index (κ2) is 6.04. The highest BCUT2D eigenvalue weighted by molar-refractivity contribution is 7.92. The minimum Gasteiger partial charge on any atom is -0.478 e. The molecule has 0 saturated carbocycles. The maximum Gasteiger partial charge on any atom is 0.335 e. The summed E-state index contributed by atoms with van der Waals surface area (Å²) in [7, 11) is -3.93. The number of anilines is 3. The van der Waals surface area contributed by atoms with E-state index in [0.29, 0.717) is 28.1 Å². The van der Waals surface area contributed by atoms with Gasteiger partial charge in [-0.15, -0.1) is 0 Å². The van der Waals surface area contributed by atoms with E-state index >= 15 is 0 Å². The second-order valence-electron chi connectivity index (χ2n) is 5.52. The number of nitrogens with two attached hydrogens (primary N) is 2. The smallest absolute Gasteiger partial charge is 0.335 e. The molecule has 0 amide bonds. The highest BCUT2D eigenvalue weighted by Crippen LogP contribution is 2.34. The van der Waals surface area contributed by atoms with E-state index in [1.165, 1.54) is 24.3 Å². The predicted molar refractivity (Wildman–Crippen MR) is 93.7 cm³/mol. The standard InChI is InChI=1S/C16H19N3O4S/c1-8-13(17)9(2)15(10(3)14(8)18)24(22,23)19-12-6-4-11(5-7-12)16(20)21/h4-7,19H,17-18H2,1-3H3,(H,20,21). The molecule has 0 heterocycles. The monoisotopic (exact) mass is 349 g/mol. The van der Waals surface area contributed by atoms with Crippen molar-refractivity contribution < 1.29 is 18.3 Å². The van der Waals surface area contributed by atoms with E-state index in [4.69, 9.17) is 16.6 Å². The van der Waals surface area contributed by atoms with Crippen molar-refractivity contribution in [2.24, 2.45) is 0 Å². The molecule has 0 radical (unpaired) electrons.